The lowest BCUT2D eigenvalue weighted by atomic mass is 9.87. The van der Waals surface area contributed by atoms with Crippen molar-refractivity contribution in [3.63, 3.8) is 0 Å². The number of fused-ring (bicyclic) bond motifs is 2. The van der Waals surface area contributed by atoms with E-state index in [1.165, 1.54) is 42.6 Å². The zero-order valence-electron chi connectivity index (χ0n) is 12.0. The molecule has 0 fully saturated rings. The van der Waals surface area contributed by atoms with Crippen molar-refractivity contribution in [1.82, 2.24) is 4.98 Å². The van der Waals surface area contributed by atoms with Crippen LogP contribution in [0.5, 0.6) is 0 Å². The maximum Gasteiger partial charge on any atom is 0.0231 e. The number of aryl methyl sites for hydroxylation is 2. The fourth-order valence-electron chi connectivity index (χ4n) is 3.78. The lowest BCUT2D eigenvalue weighted by molar-refractivity contribution is 0.887. The van der Waals surface area contributed by atoms with E-state index in [1.807, 2.05) is 0 Å². The number of hydrogen-bond acceptors (Lipinski definition) is 0. The molecule has 0 aliphatic heterocycles. The quantitative estimate of drug-likeness (QED) is 0.771. The first-order valence-corrected chi connectivity index (χ1v) is 7.29. The van der Waals surface area contributed by atoms with Crippen LogP contribution in [-0.4, -0.2) is 4.98 Å². The predicted molar refractivity (Wildman–Crippen MR) is 77.8 cm³/mol. The Bertz CT molecular complexity index is 567. The Morgan fingerprint density at radius 2 is 1.78 bits per heavy atom. The molecule has 18 heavy (non-hydrogen) atoms. The molecule has 2 aliphatic carbocycles. The van der Waals surface area contributed by atoms with Crippen LogP contribution in [0.1, 0.15) is 62.5 Å². The highest BCUT2D eigenvalue weighted by Gasteiger charge is 2.29. The highest BCUT2D eigenvalue weighted by atomic mass is 14.7. The lowest BCUT2D eigenvalue weighted by Gasteiger charge is -2.17. The molecule has 0 aromatic carbocycles. The van der Waals surface area contributed by atoms with Crippen molar-refractivity contribution in [1.29, 1.82) is 0 Å². The molecule has 0 saturated carbocycles. The molecule has 0 atom stereocenters. The molecule has 1 aromatic rings. The Morgan fingerprint density at radius 3 is 2.44 bits per heavy atom. The summed E-state index contributed by atoms with van der Waals surface area (Å²) >= 11 is 0. The summed E-state index contributed by atoms with van der Waals surface area (Å²) in [5.41, 5.74) is 12.6. The van der Waals surface area contributed by atoms with Gasteiger partial charge in [-0.1, -0.05) is 19.4 Å². The van der Waals surface area contributed by atoms with Gasteiger partial charge in [-0.25, -0.2) is 0 Å². The summed E-state index contributed by atoms with van der Waals surface area (Å²) < 4.78 is 0. The third kappa shape index (κ3) is 1.46. The highest BCUT2D eigenvalue weighted by molar-refractivity contribution is 5.83. The van der Waals surface area contributed by atoms with Gasteiger partial charge >= 0.3 is 0 Å². The van der Waals surface area contributed by atoms with Crippen LogP contribution in [0.2, 0.25) is 0 Å². The van der Waals surface area contributed by atoms with Crippen molar-refractivity contribution in [2.24, 2.45) is 0 Å². The Balaban J connectivity index is 2.12. The van der Waals surface area contributed by atoms with Gasteiger partial charge in [0.2, 0.25) is 0 Å². The third-order valence-corrected chi connectivity index (χ3v) is 4.88. The van der Waals surface area contributed by atoms with E-state index < -0.39 is 0 Å². The third-order valence-electron chi connectivity index (χ3n) is 4.88. The number of rotatable bonds is 2. The molecule has 0 unspecified atom stereocenters. The van der Waals surface area contributed by atoms with Crippen molar-refractivity contribution >= 4 is 5.57 Å². The first-order valence-electron chi connectivity index (χ1n) is 7.29. The van der Waals surface area contributed by atoms with Crippen molar-refractivity contribution in [3.8, 4) is 0 Å². The fraction of sp³-hybridized carbons (Fsp3) is 0.529. The normalized spacial score (nSPS) is 18.4. The van der Waals surface area contributed by atoms with Crippen LogP contribution < -0.4 is 0 Å². The minimum atomic E-state index is 1.12. The average molecular weight is 241 g/mol. The summed E-state index contributed by atoms with van der Waals surface area (Å²) in [7, 11) is 0. The number of H-pyrrole nitrogens is 1. The zero-order chi connectivity index (χ0) is 12.9. The standard InChI is InChI=1S/C17H23N/c1-5-12-9-14-13(10(12)3)7-8-16-17(14)11(4)15(6-2)18-16/h18H,5-9H2,1-4H3. The molecule has 1 N–H and O–H groups in total. The Kier molecular flexibility index (Phi) is 2.73. The summed E-state index contributed by atoms with van der Waals surface area (Å²) in [6.07, 6.45) is 5.96. The smallest absolute Gasteiger partial charge is 0.0231 e. The molecule has 96 valence electrons. The van der Waals surface area contributed by atoms with Gasteiger partial charge in [-0.3, -0.25) is 0 Å². The van der Waals surface area contributed by atoms with Crippen LogP contribution in [-0.2, 0) is 12.8 Å². The number of aromatic nitrogens is 1. The van der Waals surface area contributed by atoms with Crippen LogP contribution in [0.15, 0.2) is 16.7 Å². The van der Waals surface area contributed by atoms with E-state index >= 15 is 0 Å². The molecule has 1 heterocycles. The van der Waals surface area contributed by atoms with E-state index in [-0.39, 0.29) is 0 Å². The van der Waals surface area contributed by atoms with E-state index in [4.69, 9.17) is 0 Å². The highest BCUT2D eigenvalue weighted by Crippen LogP contribution is 2.46. The van der Waals surface area contributed by atoms with Gasteiger partial charge in [-0.05, 0) is 68.2 Å². The monoisotopic (exact) mass is 241 g/mol. The van der Waals surface area contributed by atoms with Crippen molar-refractivity contribution < 1.29 is 0 Å². The summed E-state index contributed by atoms with van der Waals surface area (Å²) in [4.78, 5) is 3.66. The van der Waals surface area contributed by atoms with E-state index in [0.29, 0.717) is 0 Å². The van der Waals surface area contributed by atoms with E-state index in [0.717, 1.165) is 6.42 Å². The van der Waals surface area contributed by atoms with Crippen LogP contribution in [0, 0.1) is 6.92 Å². The van der Waals surface area contributed by atoms with Gasteiger partial charge < -0.3 is 4.98 Å². The Labute approximate surface area is 110 Å². The zero-order valence-corrected chi connectivity index (χ0v) is 12.0. The minimum absolute atomic E-state index is 1.12. The second kappa shape index (κ2) is 4.15. The summed E-state index contributed by atoms with van der Waals surface area (Å²) in [6, 6.07) is 0. The fourth-order valence-corrected chi connectivity index (χ4v) is 3.78. The first kappa shape index (κ1) is 11.8. The second-order valence-corrected chi connectivity index (χ2v) is 5.65. The molecule has 3 rings (SSSR count). The van der Waals surface area contributed by atoms with Crippen LogP contribution in [0.4, 0.5) is 0 Å². The molecule has 0 radical (unpaired) electrons. The maximum absolute atomic E-state index is 3.66. The van der Waals surface area contributed by atoms with E-state index in [2.05, 4.69) is 32.7 Å². The summed E-state index contributed by atoms with van der Waals surface area (Å²) in [5, 5.41) is 0. The number of nitrogens with one attached hydrogen (secondary N) is 1. The predicted octanol–water partition coefficient (Wildman–Crippen LogP) is 4.72. The molecule has 0 bridgehead atoms. The van der Waals surface area contributed by atoms with Crippen molar-refractivity contribution in [2.75, 3.05) is 0 Å². The molecule has 1 nitrogen and oxygen atoms in total. The molecule has 1 heteroatoms. The maximum atomic E-state index is 3.66. The van der Waals surface area contributed by atoms with Crippen molar-refractivity contribution in [3.05, 3.63) is 39.2 Å². The van der Waals surface area contributed by atoms with Gasteiger partial charge in [0.15, 0.2) is 0 Å². The van der Waals surface area contributed by atoms with Gasteiger partial charge in [0.05, 0.1) is 0 Å². The number of hydrogen-bond donors (Lipinski definition) is 1. The Morgan fingerprint density at radius 1 is 1.00 bits per heavy atom. The number of allylic oxidation sites excluding steroid dienone is 4. The first-order chi connectivity index (χ1) is 8.67. The topological polar surface area (TPSA) is 15.8 Å². The average Bonchev–Trinajstić information content (AvgIpc) is 2.88. The van der Waals surface area contributed by atoms with Gasteiger partial charge in [0.1, 0.15) is 0 Å². The van der Waals surface area contributed by atoms with E-state index in [1.54, 1.807) is 27.9 Å². The SMILES string of the molecule is CCC1=C(C)C2=C(C1)c1c([nH]c(CC)c1C)CC2. The second-order valence-electron chi connectivity index (χ2n) is 5.65. The van der Waals surface area contributed by atoms with E-state index in [9.17, 15) is 0 Å². The minimum Gasteiger partial charge on any atom is -0.362 e. The van der Waals surface area contributed by atoms with Gasteiger partial charge in [0, 0.05) is 17.0 Å². The molecule has 0 saturated heterocycles. The van der Waals surface area contributed by atoms with Crippen molar-refractivity contribution in [2.45, 2.75) is 59.8 Å². The van der Waals surface area contributed by atoms with Gasteiger partial charge in [0.25, 0.3) is 0 Å². The Hall–Kier alpha value is -1.24. The summed E-state index contributed by atoms with van der Waals surface area (Å²) in [5.74, 6) is 0. The lowest BCUT2D eigenvalue weighted by Crippen LogP contribution is -2.02. The van der Waals surface area contributed by atoms with Crippen LogP contribution in [0.25, 0.3) is 5.57 Å². The van der Waals surface area contributed by atoms with Gasteiger partial charge in [-0.2, -0.15) is 0 Å². The molecule has 0 spiro atoms. The molecular formula is C17H23N. The molecule has 2 aliphatic rings. The molecule has 0 amide bonds. The molecule has 1 aromatic heterocycles. The van der Waals surface area contributed by atoms with Crippen LogP contribution in [0.3, 0.4) is 0 Å². The molecular weight excluding hydrogens is 218 g/mol. The number of aromatic amines is 1. The largest absolute Gasteiger partial charge is 0.362 e. The van der Waals surface area contributed by atoms with Crippen LogP contribution >= 0.6 is 0 Å². The summed E-state index contributed by atoms with van der Waals surface area (Å²) in [6.45, 7) is 9.16. The van der Waals surface area contributed by atoms with Gasteiger partial charge in [-0.15, -0.1) is 0 Å².